The Morgan fingerprint density at radius 3 is 2.83 bits per heavy atom. The van der Waals surface area contributed by atoms with E-state index in [0.717, 1.165) is 24.1 Å². The SMILES string of the molecule is CC1(C)C(=O)C(C#N)=CC2(C)c3nc(C=CN)ncc3CCC12. The van der Waals surface area contributed by atoms with Gasteiger partial charge < -0.3 is 5.73 Å². The fourth-order valence-electron chi connectivity index (χ4n) is 4.23. The molecule has 0 saturated heterocycles. The maximum atomic E-state index is 12.6. The zero-order valence-electron chi connectivity index (χ0n) is 13.6. The molecular formula is C18H20N4O. The third-order valence-electron chi connectivity index (χ3n) is 5.33. The summed E-state index contributed by atoms with van der Waals surface area (Å²) in [4.78, 5) is 21.6. The predicted molar refractivity (Wildman–Crippen MR) is 86.9 cm³/mol. The van der Waals surface area contributed by atoms with Crippen molar-refractivity contribution in [1.82, 2.24) is 9.97 Å². The molecule has 0 bridgehead atoms. The lowest BCUT2D eigenvalue weighted by molar-refractivity contribution is -0.128. The lowest BCUT2D eigenvalue weighted by Gasteiger charge is -2.50. The molecule has 23 heavy (non-hydrogen) atoms. The standard InChI is InChI=1S/C18H20N4O/c1-17(2)13-5-4-11-10-21-14(6-7-19)22-15(11)18(13,3)8-12(9-20)16(17)23/h6-8,10,13H,4-5,19H2,1-3H3. The minimum absolute atomic E-state index is 0.0675. The number of rotatable bonds is 1. The molecule has 5 heteroatoms. The predicted octanol–water partition coefficient (Wildman–Crippen LogP) is 2.28. The summed E-state index contributed by atoms with van der Waals surface area (Å²) in [5.41, 5.74) is 6.64. The number of allylic oxidation sites excluding steroid dienone is 2. The van der Waals surface area contributed by atoms with Crippen LogP contribution in [0.5, 0.6) is 0 Å². The van der Waals surface area contributed by atoms with Gasteiger partial charge in [0.2, 0.25) is 0 Å². The van der Waals surface area contributed by atoms with Gasteiger partial charge in [0, 0.05) is 17.0 Å². The number of nitrogens with zero attached hydrogens (tertiary/aromatic N) is 3. The van der Waals surface area contributed by atoms with Crippen molar-refractivity contribution in [2.75, 3.05) is 0 Å². The summed E-state index contributed by atoms with van der Waals surface area (Å²) in [6, 6.07) is 2.07. The second kappa shape index (κ2) is 5.02. The molecule has 0 radical (unpaired) electrons. The molecule has 0 aliphatic heterocycles. The van der Waals surface area contributed by atoms with Gasteiger partial charge >= 0.3 is 0 Å². The normalized spacial score (nSPS) is 28.7. The lowest BCUT2D eigenvalue weighted by Crippen LogP contribution is -2.51. The first-order valence-corrected chi connectivity index (χ1v) is 7.77. The van der Waals surface area contributed by atoms with Crippen LogP contribution in [0, 0.1) is 22.7 Å². The molecule has 2 aliphatic rings. The van der Waals surface area contributed by atoms with E-state index in [9.17, 15) is 10.1 Å². The second-order valence-electron chi connectivity index (χ2n) is 7.06. The number of nitriles is 1. The Balaban J connectivity index is 2.26. The van der Waals surface area contributed by atoms with E-state index in [2.05, 4.69) is 23.0 Å². The number of aryl methyl sites for hydroxylation is 1. The van der Waals surface area contributed by atoms with Crippen molar-refractivity contribution < 1.29 is 4.79 Å². The molecule has 2 atom stereocenters. The van der Waals surface area contributed by atoms with Gasteiger partial charge in [0.25, 0.3) is 0 Å². The Morgan fingerprint density at radius 1 is 1.43 bits per heavy atom. The van der Waals surface area contributed by atoms with Gasteiger partial charge in [-0.05, 0) is 36.6 Å². The molecule has 0 fully saturated rings. The van der Waals surface area contributed by atoms with Crippen LogP contribution in [0.3, 0.4) is 0 Å². The van der Waals surface area contributed by atoms with Gasteiger partial charge in [0.1, 0.15) is 6.07 Å². The molecule has 5 nitrogen and oxygen atoms in total. The summed E-state index contributed by atoms with van der Waals surface area (Å²) in [7, 11) is 0. The quantitative estimate of drug-likeness (QED) is 0.859. The highest BCUT2D eigenvalue weighted by Crippen LogP contribution is 2.53. The number of ketones is 1. The second-order valence-corrected chi connectivity index (χ2v) is 7.06. The van der Waals surface area contributed by atoms with Crippen molar-refractivity contribution >= 4 is 11.9 Å². The maximum absolute atomic E-state index is 12.6. The zero-order chi connectivity index (χ0) is 16.8. The smallest absolute Gasteiger partial charge is 0.178 e. The van der Waals surface area contributed by atoms with E-state index >= 15 is 0 Å². The summed E-state index contributed by atoms with van der Waals surface area (Å²) < 4.78 is 0. The van der Waals surface area contributed by atoms with E-state index in [1.165, 1.54) is 6.20 Å². The van der Waals surface area contributed by atoms with Crippen LogP contribution in [0.15, 0.2) is 24.0 Å². The van der Waals surface area contributed by atoms with Crippen LogP contribution in [0.4, 0.5) is 0 Å². The van der Waals surface area contributed by atoms with Crippen molar-refractivity contribution in [1.29, 1.82) is 5.26 Å². The monoisotopic (exact) mass is 308 g/mol. The van der Waals surface area contributed by atoms with Gasteiger partial charge in [0.15, 0.2) is 11.6 Å². The number of carbonyl (C=O) groups excluding carboxylic acids is 1. The average Bonchev–Trinajstić information content (AvgIpc) is 2.52. The minimum atomic E-state index is -0.582. The van der Waals surface area contributed by atoms with Crippen molar-refractivity contribution in [2.24, 2.45) is 17.1 Å². The number of carbonyl (C=O) groups is 1. The molecule has 2 N–H and O–H groups in total. The summed E-state index contributed by atoms with van der Waals surface area (Å²) >= 11 is 0. The van der Waals surface area contributed by atoms with Gasteiger partial charge in [0.05, 0.1) is 11.3 Å². The van der Waals surface area contributed by atoms with Crippen LogP contribution in [0.1, 0.15) is 44.3 Å². The first-order valence-electron chi connectivity index (χ1n) is 7.77. The number of hydrogen-bond donors (Lipinski definition) is 1. The Kier molecular flexibility index (Phi) is 3.36. The van der Waals surface area contributed by atoms with Crippen LogP contribution in [-0.2, 0) is 16.6 Å². The van der Waals surface area contributed by atoms with Crippen LogP contribution in [0.25, 0.3) is 6.08 Å². The molecule has 1 aromatic heterocycles. The van der Waals surface area contributed by atoms with Crippen LogP contribution < -0.4 is 5.73 Å². The minimum Gasteiger partial charge on any atom is -0.404 e. The fourth-order valence-corrected chi connectivity index (χ4v) is 4.23. The molecule has 2 aliphatic carbocycles. The zero-order valence-corrected chi connectivity index (χ0v) is 13.6. The van der Waals surface area contributed by atoms with Crippen molar-refractivity contribution in [3.8, 4) is 6.07 Å². The van der Waals surface area contributed by atoms with Crippen LogP contribution in [0.2, 0.25) is 0 Å². The van der Waals surface area contributed by atoms with E-state index in [1.54, 1.807) is 6.08 Å². The van der Waals surface area contributed by atoms with E-state index in [1.807, 2.05) is 26.1 Å². The number of fused-ring (bicyclic) bond motifs is 3. The highest BCUT2D eigenvalue weighted by atomic mass is 16.1. The summed E-state index contributed by atoms with van der Waals surface area (Å²) in [6.45, 7) is 5.95. The van der Waals surface area contributed by atoms with Gasteiger partial charge in [-0.1, -0.05) is 26.8 Å². The lowest BCUT2D eigenvalue weighted by atomic mass is 9.52. The molecule has 0 spiro atoms. The molecule has 0 saturated carbocycles. The van der Waals surface area contributed by atoms with Gasteiger partial charge in [-0.15, -0.1) is 0 Å². The molecule has 3 rings (SSSR count). The van der Waals surface area contributed by atoms with Crippen molar-refractivity contribution in [3.63, 3.8) is 0 Å². The maximum Gasteiger partial charge on any atom is 0.178 e. The molecule has 1 aromatic rings. The van der Waals surface area contributed by atoms with E-state index < -0.39 is 10.8 Å². The van der Waals surface area contributed by atoms with Crippen LogP contribution >= 0.6 is 0 Å². The molecule has 2 unspecified atom stereocenters. The first-order chi connectivity index (χ1) is 10.8. The third kappa shape index (κ3) is 2.09. The first kappa shape index (κ1) is 15.4. The van der Waals surface area contributed by atoms with E-state index in [-0.39, 0.29) is 17.3 Å². The number of aromatic nitrogens is 2. The molecule has 0 aromatic carbocycles. The Hall–Kier alpha value is -2.48. The van der Waals surface area contributed by atoms with Gasteiger partial charge in [-0.2, -0.15) is 5.26 Å². The molecular weight excluding hydrogens is 288 g/mol. The average molecular weight is 308 g/mol. The topological polar surface area (TPSA) is 92.7 Å². The fraction of sp³-hybridized carbons (Fsp3) is 0.444. The van der Waals surface area contributed by atoms with Gasteiger partial charge in [-0.25, -0.2) is 9.97 Å². The Morgan fingerprint density at radius 2 is 2.17 bits per heavy atom. The summed E-state index contributed by atoms with van der Waals surface area (Å²) in [5, 5.41) is 9.39. The third-order valence-corrected chi connectivity index (χ3v) is 5.33. The summed E-state index contributed by atoms with van der Waals surface area (Å²) in [6.07, 6.45) is 8.44. The number of nitrogens with two attached hydrogens (primary N) is 1. The Labute approximate surface area is 135 Å². The van der Waals surface area contributed by atoms with Crippen molar-refractivity contribution in [2.45, 2.75) is 39.0 Å². The van der Waals surface area contributed by atoms with Crippen molar-refractivity contribution in [3.05, 3.63) is 41.1 Å². The highest BCUT2D eigenvalue weighted by Gasteiger charge is 2.54. The van der Waals surface area contributed by atoms with E-state index in [4.69, 9.17) is 5.73 Å². The largest absolute Gasteiger partial charge is 0.404 e. The molecule has 0 amide bonds. The molecule has 1 heterocycles. The highest BCUT2D eigenvalue weighted by molar-refractivity contribution is 6.04. The van der Waals surface area contributed by atoms with Crippen LogP contribution in [-0.4, -0.2) is 15.8 Å². The van der Waals surface area contributed by atoms with Gasteiger partial charge in [-0.3, -0.25) is 4.79 Å². The summed E-state index contributed by atoms with van der Waals surface area (Å²) in [5.74, 6) is 0.591. The van der Waals surface area contributed by atoms with E-state index in [0.29, 0.717) is 5.82 Å². The number of Topliss-reactive ketones (excluding diaryl/α,β-unsaturated/α-hetero) is 1. The number of hydrogen-bond acceptors (Lipinski definition) is 5. The molecule has 118 valence electrons. The Bertz CT molecular complexity index is 785.